The summed E-state index contributed by atoms with van der Waals surface area (Å²) in [5.74, 6) is 0. The van der Waals surface area contributed by atoms with Gasteiger partial charge in [-0.15, -0.1) is 0 Å². The van der Waals surface area contributed by atoms with Gasteiger partial charge in [0, 0.05) is 5.56 Å². The molecule has 0 aliphatic heterocycles. The topological polar surface area (TPSA) is 12.9 Å². The Morgan fingerprint density at radius 2 is 1.60 bits per heavy atom. The maximum absolute atomic E-state index is 12.8. The number of rotatable bonds is 1. The standard InChI is InChI=1S/C13H6F6N/c14-12(15,16)8-4-5-10(13(17,18)19)9(7-8)11-3-1-2-6-20-11/h1-5,7H. The van der Waals surface area contributed by atoms with Crippen LogP contribution in [0.3, 0.4) is 0 Å². The van der Waals surface area contributed by atoms with E-state index < -0.39 is 29.0 Å². The molecule has 1 aromatic carbocycles. The molecule has 0 saturated carbocycles. The molecule has 0 fully saturated rings. The Hall–Kier alpha value is -2.05. The van der Waals surface area contributed by atoms with Crippen LogP contribution in [-0.2, 0) is 12.4 Å². The van der Waals surface area contributed by atoms with E-state index in [9.17, 15) is 26.3 Å². The van der Waals surface area contributed by atoms with Gasteiger partial charge in [0.15, 0.2) is 0 Å². The molecule has 20 heavy (non-hydrogen) atoms. The first-order valence-electron chi connectivity index (χ1n) is 5.31. The summed E-state index contributed by atoms with van der Waals surface area (Å²) in [7, 11) is 0. The first-order valence-corrected chi connectivity index (χ1v) is 5.31. The lowest BCUT2D eigenvalue weighted by molar-refractivity contribution is -0.141. The number of alkyl halides is 6. The molecular formula is C13H6F6N. The fraction of sp³-hybridized carbons (Fsp3) is 0.154. The minimum atomic E-state index is -4.77. The molecule has 2 rings (SSSR count). The van der Waals surface area contributed by atoms with E-state index in [0.29, 0.717) is 18.2 Å². The Morgan fingerprint density at radius 1 is 0.900 bits per heavy atom. The maximum atomic E-state index is 12.8. The molecule has 0 amide bonds. The van der Waals surface area contributed by atoms with Crippen molar-refractivity contribution in [2.45, 2.75) is 12.4 Å². The average Bonchev–Trinajstić information content (AvgIpc) is 2.37. The fourth-order valence-electron chi connectivity index (χ4n) is 1.66. The van der Waals surface area contributed by atoms with Gasteiger partial charge in [-0.1, -0.05) is 6.07 Å². The summed E-state index contributed by atoms with van der Waals surface area (Å²) < 4.78 is 76.3. The molecule has 1 aromatic heterocycles. The Balaban J connectivity index is 2.67. The minimum Gasteiger partial charge on any atom is -0.246 e. The number of halogens is 6. The lowest BCUT2D eigenvalue weighted by atomic mass is 10.00. The molecule has 1 heterocycles. The lowest BCUT2D eigenvalue weighted by Crippen LogP contribution is -2.11. The van der Waals surface area contributed by atoms with Crippen LogP contribution in [0, 0.1) is 6.20 Å². The van der Waals surface area contributed by atoms with Crippen LogP contribution in [0.2, 0.25) is 0 Å². The van der Waals surface area contributed by atoms with E-state index in [1.165, 1.54) is 18.2 Å². The van der Waals surface area contributed by atoms with Crippen LogP contribution in [0.1, 0.15) is 11.1 Å². The average molecular weight is 290 g/mol. The largest absolute Gasteiger partial charge is 0.417 e. The van der Waals surface area contributed by atoms with Gasteiger partial charge in [-0.3, -0.25) is 0 Å². The van der Waals surface area contributed by atoms with Crippen LogP contribution in [-0.4, -0.2) is 4.98 Å². The molecular weight excluding hydrogens is 284 g/mol. The first kappa shape index (κ1) is 14.4. The number of hydrogen-bond donors (Lipinski definition) is 0. The molecule has 1 radical (unpaired) electrons. The SMILES string of the molecule is FC(F)(F)c1ccc(C(F)(F)F)c(-c2ccc[c]n2)c1. The molecule has 2 aromatic rings. The monoisotopic (exact) mass is 290 g/mol. The summed E-state index contributed by atoms with van der Waals surface area (Å²) in [6.07, 6.45) is -7.19. The van der Waals surface area contributed by atoms with Gasteiger partial charge >= 0.3 is 12.4 Å². The smallest absolute Gasteiger partial charge is 0.246 e. The second-order valence-corrected chi connectivity index (χ2v) is 3.91. The highest BCUT2D eigenvalue weighted by molar-refractivity contribution is 5.65. The van der Waals surface area contributed by atoms with Crippen molar-refractivity contribution in [2.24, 2.45) is 0 Å². The van der Waals surface area contributed by atoms with Crippen molar-refractivity contribution in [1.29, 1.82) is 0 Å². The van der Waals surface area contributed by atoms with Crippen molar-refractivity contribution in [3.05, 3.63) is 53.7 Å². The number of hydrogen-bond acceptors (Lipinski definition) is 1. The van der Waals surface area contributed by atoms with Crippen molar-refractivity contribution >= 4 is 0 Å². The van der Waals surface area contributed by atoms with Gasteiger partial charge in [-0.2, -0.15) is 26.3 Å². The van der Waals surface area contributed by atoms with E-state index in [-0.39, 0.29) is 5.69 Å². The van der Waals surface area contributed by atoms with E-state index in [4.69, 9.17) is 0 Å². The van der Waals surface area contributed by atoms with Crippen molar-refractivity contribution < 1.29 is 26.3 Å². The van der Waals surface area contributed by atoms with Gasteiger partial charge in [0.25, 0.3) is 0 Å². The van der Waals surface area contributed by atoms with Gasteiger partial charge in [-0.25, -0.2) is 4.98 Å². The van der Waals surface area contributed by atoms with E-state index in [2.05, 4.69) is 11.2 Å². The summed E-state index contributed by atoms with van der Waals surface area (Å²) >= 11 is 0. The zero-order chi connectivity index (χ0) is 15.0. The summed E-state index contributed by atoms with van der Waals surface area (Å²) in [5.41, 5.74) is -3.17. The van der Waals surface area contributed by atoms with E-state index in [0.717, 1.165) is 0 Å². The third-order valence-electron chi connectivity index (χ3n) is 2.54. The third-order valence-corrected chi connectivity index (χ3v) is 2.54. The fourth-order valence-corrected chi connectivity index (χ4v) is 1.66. The highest BCUT2D eigenvalue weighted by Gasteiger charge is 2.37. The lowest BCUT2D eigenvalue weighted by Gasteiger charge is -2.15. The van der Waals surface area contributed by atoms with Crippen molar-refractivity contribution in [3.63, 3.8) is 0 Å². The number of benzene rings is 1. The molecule has 0 aliphatic carbocycles. The Bertz CT molecular complexity index is 600. The zero-order valence-electron chi connectivity index (χ0n) is 9.68. The van der Waals surface area contributed by atoms with Crippen molar-refractivity contribution in [2.75, 3.05) is 0 Å². The first-order chi connectivity index (χ1) is 9.19. The van der Waals surface area contributed by atoms with Gasteiger partial charge in [0.05, 0.1) is 23.0 Å². The van der Waals surface area contributed by atoms with Gasteiger partial charge in [0.1, 0.15) is 0 Å². The summed E-state index contributed by atoms with van der Waals surface area (Å²) in [6, 6.07) is 5.14. The highest BCUT2D eigenvalue weighted by atomic mass is 19.4. The molecule has 0 unspecified atom stereocenters. The van der Waals surface area contributed by atoms with Crippen LogP contribution in [0.25, 0.3) is 11.3 Å². The van der Waals surface area contributed by atoms with E-state index in [1.807, 2.05) is 0 Å². The second-order valence-electron chi connectivity index (χ2n) is 3.91. The van der Waals surface area contributed by atoms with Gasteiger partial charge in [-0.05, 0) is 30.3 Å². The highest BCUT2D eigenvalue weighted by Crippen LogP contribution is 2.39. The van der Waals surface area contributed by atoms with Crippen molar-refractivity contribution in [1.82, 2.24) is 4.98 Å². The molecule has 7 heteroatoms. The molecule has 0 spiro atoms. The van der Waals surface area contributed by atoms with Crippen LogP contribution in [0.4, 0.5) is 26.3 Å². The number of pyridine rings is 1. The minimum absolute atomic E-state index is 0.217. The zero-order valence-corrected chi connectivity index (χ0v) is 9.68. The molecule has 0 saturated heterocycles. The predicted octanol–water partition coefficient (Wildman–Crippen LogP) is 4.59. The normalized spacial score (nSPS) is 12.5. The maximum Gasteiger partial charge on any atom is 0.417 e. The van der Waals surface area contributed by atoms with Gasteiger partial charge < -0.3 is 0 Å². The van der Waals surface area contributed by atoms with Crippen LogP contribution in [0.15, 0.2) is 36.4 Å². The van der Waals surface area contributed by atoms with Crippen LogP contribution < -0.4 is 0 Å². The molecule has 1 nitrogen and oxygen atoms in total. The Morgan fingerprint density at radius 3 is 2.10 bits per heavy atom. The predicted molar refractivity (Wildman–Crippen MR) is 58.5 cm³/mol. The Labute approximate surface area is 109 Å². The molecule has 0 atom stereocenters. The third kappa shape index (κ3) is 2.92. The van der Waals surface area contributed by atoms with Gasteiger partial charge in [0.2, 0.25) is 0 Å². The molecule has 0 aliphatic rings. The summed E-state index contributed by atoms with van der Waals surface area (Å²) in [5, 5.41) is 0. The van der Waals surface area contributed by atoms with Crippen molar-refractivity contribution in [3.8, 4) is 11.3 Å². The number of aromatic nitrogens is 1. The summed E-state index contributed by atoms with van der Waals surface area (Å²) in [6.45, 7) is 0. The molecule has 0 N–H and O–H groups in total. The second kappa shape index (κ2) is 4.81. The molecule has 105 valence electrons. The molecule has 0 bridgehead atoms. The summed E-state index contributed by atoms with van der Waals surface area (Å²) in [4.78, 5) is 3.55. The number of nitrogens with zero attached hydrogens (tertiary/aromatic N) is 1. The Kier molecular flexibility index (Phi) is 3.45. The van der Waals surface area contributed by atoms with E-state index in [1.54, 1.807) is 0 Å². The van der Waals surface area contributed by atoms with Crippen LogP contribution >= 0.6 is 0 Å². The quantitative estimate of drug-likeness (QED) is 0.700. The van der Waals surface area contributed by atoms with E-state index >= 15 is 0 Å². The van der Waals surface area contributed by atoms with Crippen LogP contribution in [0.5, 0.6) is 0 Å².